The molecule has 1 saturated heterocycles. The van der Waals surface area contributed by atoms with Gasteiger partial charge in [-0.15, -0.1) is 0 Å². The van der Waals surface area contributed by atoms with Crippen molar-refractivity contribution in [2.45, 2.75) is 19.4 Å². The summed E-state index contributed by atoms with van der Waals surface area (Å²) in [6.45, 7) is 2.29. The summed E-state index contributed by atoms with van der Waals surface area (Å²) in [6.07, 6.45) is 3.75. The van der Waals surface area contributed by atoms with Crippen LogP contribution in [0.5, 0.6) is 11.5 Å². The first-order valence-corrected chi connectivity index (χ1v) is 8.27. The van der Waals surface area contributed by atoms with E-state index in [4.69, 9.17) is 9.47 Å². The Kier molecular flexibility index (Phi) is 5.33. The van der Waals surface area contributed by atoms with Crippen molar-refractivity contribution >= 4 is 11.7 Å². The molecule has 0 atom stereocenters. The minimum atomic E-state index is -0.235. The van der Waals surface area contributed by atoms with Crippen LogP contribution < -0.4 is 19.7 Å². The fourth-order valence-electron chi connectivity index (χ4n) is 2.85. The van der Waals surface area contributed by atoms with Gasteiger partial charge in [-0.3, -0.25) is 4.79 Å². The van der Waals surface area contributed by atoms with Crippen LogP contribution in [0.4, 0.5) is 5.82 Å². The van der Waals surface area contributed by atoms with Crippen molar-refractivity contribution in [3.63, 3.8) is 0 Å². The third kappa shape index (κ3) is 3.99. The average Bonchev–Trinajstić information content (AvgIpc) is 3.21. The van der Waals surface area contributed by atoms with Crippen LogP contribution in [0, 0.1) is 0 Å². The molecule has 1 N–H and O–H groups in total. The summed E-state index contributed by atoms with van der Waals surface area (Å²) in [5, 5.41) is 2.88. The van der Waals surface area contributed by atoms with E-state index in [1.54, 1.807) is 26.4 Å². The largest absolute Gasteiger partial charge is 0.497 e. The van der Waals surface area contributed by atoms with Crippen LogP contribution >= 0.6 is 0 Å². The van der Waals surface area contributed by atoms with Gasteiger partial charge in [-0.05, 0) is 25.0 Å². The summed E-state index contributed by atoms with van der Waals surface area (Å²) in [5.74, 6) is 1.94. The molecule has 2 heterocycles. The lowest BCUT2D eigenvalue weighted by Crippen LogP contribution is -2.25. The molecule has 1 amide bonds. The molecule has 7 heteroatoms. The Morgan fingerprint density at radius 2 is 1.96 bits per heavy atom. The zero-order valence-electron chi connectivity index (χ0n) is 14.5. The van der Waals surface area contributed by atoms with Gasteiger partial charge in [-0.1, -0.05) is 0 Å². The van der Waals surface area contributed by atoms with Crippen LogP contribution in [-0.4, -0.2) is 43.2 Å². The molecule has 0 bridgehead atoms. The minimum Gasteiger partial charge on any atom is -0.497 e. The van der Waals surface area contributed by atoms with E-state index in [9.17, 15) is 4.79 Å². The highest BCUT2D eigenvalue weighted by molar-refractivity contribution is 5.92. The number of amides is 1. The lowest BCUT2D eigenvalue weighted by molar-refractivity contribution is 0.0945. The van der Waals surface area contributed by atoms with Crippen LogP contribution in [0.3, 0.4) is 0 Å². The summed E-state index contributed by atoms with van der Waals surface area (Å²) in [4.78, 5) is 23.0. The maximum absolute atomic E-state index is 12.4. The van der Waals surface area contributed by atoms with E-state index in [1.807, 2.05) is 12.1 Å². The van der Waals surface area contributed by atoms with Crippen molar-refractivity contribution in [2.75, 3.05) is 32.2 Å². The van der Waals surface area contributed by atoms with Gasteiger partial charge >= 0.3 is 0 Å². The number of carbonyl (C=O) groups is 1. The van der Waals surface area contributed by atoms with Gasteiger partial charge in [0, 0.05) is 37.3 Å². The quantitative estimate of drug-likeness (QED) is 0.865. The summed E-state index contributed by atoms with van der Waals surface area (Å²) in [5.41, 5.74) is 1.23. The zero-order valence-corrected chi connectivity index (χ0v) is 14.5. The third-order valence-corrected chi connectivity index (χ3v) is 4.25. The maximum atomic E-state index is 12.4. The number of carbonyl (C=O) groups excluding carboxylic acids is 1. The Bertz CT molecular complexity index is 745. The molecule has 0 aliphatic carbocycles. The first-order valence-electron chi connectivity index (χ1n) is 8.27. The highest BCUT2D eigenvalue weighted by atomic mass is 16.5. The molecule has 0 spiro atoms. The van der Waals surface area contributed by atoms with E-state index in [2.05, 4.69) is 20.2 Å². The number of hydrogen-bond donors (Lipinski definition) is 1. The molecular weight excluding hydrogens is 320 g/mol. The number of methoxy groups -OCH3 is 2. The Morgan fingerprint density at radius 1 is 1.16 bits per heavy atom. The summed E-state index contributed by atoms with van der Waals surface area (Å²) in [6, 6.07) is 7.23. The minimum absolute atomic E-state index is 0.235. The van der Waals surface area contributed by atoms with Crippen LogP contribution in [0.15, 0.2) is 30.6 Å². The van der Waals surface area contributed by atoms with Gasteiger partial charge in [0.05, 0.1) is 14.2 Å². The topological polar surface area (TPSA) is 76.6 Å². The lowest BCUT2D eigenvalue weighted by Gasteiger charge is -2.16. The SMILES string of the molecule is COc1ccc(CNC(=O)c2cc(N3CCCC3)ncn2)c(OC)c1. The highest BCUT2D eigenvalue weighted by Crippen LogP contribution is 2.24. The van der Waals surface area contributed by atoms with Gasteiger partial charge < -0.3 is 19.7 Å². The van der Waals surface area contributed by atoms with Crippen LogP contribution in [0.1, 0.15) is 28.9 Å². The Labute approximate surface area is 147 Å². The molecule has 0 saturated carbocycles. The number of rotatable bonds is 6. The second-order valence-electron chi connectivity index (χ2n) is 5.82. The molecule has 0 unspecified atom stereocenters. The van der Waals surface area contributed by atoms with Gasteiger partial charge in [-0.25, -0.2) is 9.97 Å². The molecule has 7 nitrogen and oxygen atoms in total. The Morgan fingerprint density at radius 3 is 2.68 bits per heavy atom. The van der Waals surface area contributed by atoms with Crippen LogP contribution in [0.25, 0.3) is 0 Å². The molecule has 1 fully saturated rings. The molecule has 3 rings (SSSR count). The number of aromatic nitrogens is 2. The zero-order chi connectivity index (χ0) is 17.6. The number of hydrogen-bond acceptors (Lipinski definition) is 6. The Hall–Kier alpha value is -2.83. The summed E-state index contributed by atoms with van der Waals surface area (Å²) < 4.78 is 10.5. The number of nitrogens with zero attached hydrogens (tertiary/aromatic N) is 3. The van der Waals surface area contributed by atoms with Gasteiger partial charge in [0.25, 0.3) is 5.91 Å². The molecule has 1 aromatic heterocycles. The first-order chi connectivity index (χ1) is 12.2. The number of benzene rings is 1. The van der Waals surface area contributed by atoms with Crippen LogP contribution in [0.2, 0.25) is 0 Å². The second-order valence-corrected chi connectivity index (χ2v) is 5.82. The standard InChI is InChI=1S/C18H22N4O3/c1-24-14-6-5-13(16(9-14)25-2)11-19-18(23)15-10-17(21-12-20-15)22-7-3-4-8-22/h5-6,9-10,12H,3-4,7-8,11H2,1-2H3,(H,19,23). The third-order valence-electron chi connectivity index (χ3n) is 4.25. The van der Waals surface area contributed by atoms with Gasteiger partial charge in [0.15, 0.2) is 0 Å². The molecule has 132 valence electrons. The monoisotopic (exact) mass is 342 g/mol. The summed E-state index contributed by atoms with van der Waals surface area (Å²) in [7, 11) is 3.19. The predicted octanol–water partition coefficient (Wildman–Crippen LogP) is 2.02. The van der Waals surface area contributed by atoms with E-state index in [1.165, 1.54) is 6.33 Å². The lowest BCUT2D eigenvalue weighted by atomic mass is 10.2. The van der Waals surface area contributed by atoms with Gasteiger partial charge in [-0.2, -0.15) is 0 Å². The molecule has 0 radical (unpaired) electrons. The van der Waals surface area contributed by atoms with Crippen molar-refractivity contribution < 1.29 is 14.3 Å². The van der Waals surface area contributed by atoms with E-state index in [0.29, 0.717) is 23.7 Å². The van der Waals surface area contributed by atoms with Crippen LogP contribution in [-0.2, 0) is 6.54 Å². The van der Waals surface area contributed by atoms with Gasteiger partial charge in [0.1, 0.15) is 29.3 Å². The van der Waals surface area contributed by atoms with Crippen molar-refractivity contribution in [3.8, 4) is 11.5 Å². The van der Waals surface area contributed by atoms with Crippen molar-refractivity contribution in [3.05, 3.63) is 41.9 Å². The van der Waals surface area contributed by atoms with Gasteiger partial charge in [0.2, 0.25) is 0 Å². The van der Waals surface area contributed by atoms with E-state index in [0.717, 1.165) is 37.3 Å². The fourth-order valence-corrected chi connectivity index (χ4v) is 2.85. The van der Waals surface area contributed by atoms with Crippen molar-refractivity contribution in [1.29, 1.82) is 0 Å². The highest BCUT2D eigenvalue weighted by Gasteiger charge is 2.16. The maximum Gasteiger partial charge on any atom is 0.270 e. The molecule has 2 aromatic rings. The average molecular weight is 342 g/mol. The second kappa shape index (κ2) is 7.83. The van der Waals surface area contributed by atoms with Crippen molar-refractivity contribution in [2.24, 2.45) is 0 Å². The Balaban J connectivity index is 1.67. The van der Waals surface area contributed by atoms with Crippen molar-refractivity contribution in [1.82, 2.24) is 15.3 Å². The van der Waals surface area contributed by atoms with E-state index in [-0.39, 0.29) is 5.91 Å². The number of anilines is 1. The number of nitrogens with one attached hydrogen (secondary N) is 1. The molecular formula is C18H22N4O3. The smallest absolute Gasteiger partial charge is 0.270 e. The molecule has 1 aliphatic rings. The first kappa shape index (κ1) is 17.0. The number of ether oxygens (including phenoxy) is 2. The molecule has 1 aromatic carbocycles. The van der Waals surface area contributed by atoms with E-state index >= 15 is 0 Å². The summed E-state index contributed by atoms with van der Waals surface area (Å²) >= 11 is 0. The molecule has 1 aliphatic heterocycles. The molecule has 25 heavy (non-hydrogen) atoms. The van der Waals surface area contributed by atoms with E-state index < -0.39 is 0 Å². The predicted molar refractivity (Wildman–Crippen MR) is 94.2 cm³/mol. The normalized spacial score (nSPS) is 13.6. The fraction of sp³-hybridized carbons (Fsp3) is 0.389.